The van der Waals surface area contributed by atoms with Crippen LogP contribution in [0, 0.1) is 0 Å². The molecule has 0 saturated heterocycles. The van der Waals surface area contributed by atoms with Gasteiger partial charge in [0.05, 0.1) is 23.4 Å². The van der Waals surface area contributed by atoms with E-state index in [1.807, 2.05) is 6.92 Å². The maximum absolute atomic E-state index is 12.9. The van der Waals surface area contributed by atoms with Crippen LogP contribution >= 0.6 is 0 Å². The maximum atomic E-state index is 12.9. The van der Waals surface area contributed by atoms with Crippen molar-refractivity contribution in [2.24, 2.45) is 0 Å². The number of fused-ring (bicyclic) bond motifs is 1. The average Bonchev–Trinajstić information content (AvgIpc) is 2.62. The van der Waals surface area contributed by atoms with Crippen molar-refractivity contribution in [2.75, 3.05) is 11.9 Å². The first-order valence-electron chi connectivity index (χ1n) is 7.88. The Morgan fingerprint density at radius 1 is 1.16 bits per heavy atom. The van der Waals surface area contributed by atoms with E-state index in [1.54, 1.807) is 48.5 Å². The van der Waals surface area contributed by atoms with Gasteiger partial charge in [0, 0.05) is 0 Å². The van der Waals surface area contributed by atoms with Gasteiger partial charge in [-0.3, -0.25) is 9.59 Å². The lowest BCUT2D eigenvalue weighted by Crippen LogP contribution is -2.16. The molecule has 1 amide bonds. The predicted molar refractivity (Wildman–Crippen MR) is 96.6 cm³/mol. The lowest BCUT2D eigenvalue weighted by atomic mass is 9.97. The second-order valence-electron chi connectivity index (χ2n) is 5.41. The van der Waals surface area contributed by atoms with Crippen molar-refractivity contribution < 1.29 is 19.4 Å². The molecule has 0 unspecified atom stereocenters. The minimum absolute atomic E-state index is 0.0370. The number of aldehydes is 1. The molecule has 0 fully saturated rings. The monoisotopic (exact) mass is 335 g/mol. The number of ether oxygens (including phenoxy) is 1. The Kier molecular flexibility index (Phi) is 4.66. The molecule has 0 aliphatic carbocycles. The Morgan fingerprint density at radius 2 is 1.88 bits per heavy atom. The van der Waals surface area contributed by atoms with Gasteiger partial charge in [-0.15, -0.1) is 0 Å². The molecule has 5 nitrogen and oxygen atoms in total. The number of anilines is 1. The van der Waals surface area contributed by atoms with Crippen molar-refractivity contribution in [2.45, 2.75) is 6.92 Å². The Morgan fingerprint density at radius 3 is 2.64 bits per heavy atom. The molecule has 25 heavy (non-hydrogen) atoms. The molecule has 126 valence electrons. The lowest BCUT2D eigenvalue weighted by Gasteiger charge is -2.14. The number of nitrogens with one attached hydrogen (secondary N) is 1. The fraction of sp³-hybridized carbons (Fsp3) is 0.100. The van der Waals surface area contributed by atoms with Gasteiger partial charge in [-0.05, 0) is 35.9 Å². The first-order valence-corrected chi connectivity index (χ1v) is 7.88. The summed E-state index contributed by atoms with van der Waals surface area (Å²) in [5.74, 6) is -0.172. The van der Waals surface area contributed by atoms with E-state index in [1.165, 1.54) is 6.07 Å². The van der Waals surface area contributed by atoms with Crippen molar-refractivity contribution in [3.8, 4) is 11.5 Å². The molecule has 0 saturated carbocycles. The largest absolute Gasteiger partial charge is 0.507 e. The quantitative estimate of drug-likeness (QED) is 0.691. The van der Waals surface area contributed by atoms with E-state index in [-0.39, 0.29) is 16.9 Å². The van der Waals surface area contributed by atoms with E-state index >= 15 is 0 Å². The highest BCUT2D eigenvalue weighted by molar-refractivity contribution is 6.18. The third-order valence-electron chi connectivity index (χ3n) is 3.85. The third-order valence-corrected chi connectivity index (χ3v) is 3.85. The van der Waals surface area contributed by atoms with Crippen LogP contribution in [0.2, 0.25) is 0 Å². The van der Waals surface area contributed by atoms with Crippen molar-refractivity contribution >= 4 is 28.7 Å². The van der Waals surface area contributed by atoms with Gasteiger partial charge in [-0.2, -0.15) is 0 Å². The zero-order valence-corrected chi connectivity index (χ0v) is 13.7. The molecular formula is C20H17NO4. The molecule has 5 heteroatoms. The molecule has 0 aliphatic rings. The summed E-state index contributed by atoms with van der Waals surface area (Å²) in [6, 6.07) is 15.6. The Labute approximate surface area is 144 Å². The molecule has 2 N–H and O–H groups in total. The van der Waals surface area contributed by atoms with Crippen molar-refractivity contribution in [3.63, 3.8) is 0 Å². The first-order chi connectivity index (χ1) is 12.2. The number of carbonyl (C=O) groups excluding carboxylic acids is 2. The van der Waals surface area contributed by atoms with Gasteiger partial charge < -0.3 is 15.2 Å². The van der Waals surface area contributed by atoms with Gasteiger partial charge in [0.2, 0.25) is 0 Å². The number of aromatic hydroxyl groups is 1. The van der Waals surface area contributed by atoms with Crippen molar-refractivity contribution in [1.29, 1.82) is 0 Å². The average molecular weight is 335 g/mol. The van der Waals surface area contributed by atoms with Crippen LogP contribution in [0.5, 0.6) is 11.5 Å². The molecule has 3 aromatic carbocycles. The van der Waals surface area contributed by atoms with E-state index < -0.39 is 5.91 Å². The number of phenolic OH excluding ortho intramolecular Hbond substituents is 1. The van der Waals surface area contributed by atoms with Crippen molar-refractivity contribution in [3.05, 3.63) is 65.7 Å². The smallest absolute Gasteiger partial charge is 0.257 e. The topological polar surface area (TPSA) is 75.6 Å². The summed E-state index contributed by atoms with van der Waals surface area (Å²) in [6.07, 6.45) is 0.491. The SMILES string of the molecule is CCOc1ccccc1NC(=O)c1c(C=O)c(O)cc2ccccc12. The number of para-hydroxylation sites is 2. The summed E-state index contributed by atoms with van der Waals surface area (Å²) in [7, 11) is 0. The van der Waals surface area contributed by atoms with Crippen LogP contribution in [0.1, 0.15) is 27.6 Å². The highest BCUT2D eigenvalue weighted by Gasteiger charge is 2.20. The number of amides is 1. The minimum Gasteiger partial charge on any atom is -0.507 e. The van der Waals surface area contributed by atoms with Crippen molar-refractivity contribution in [1.82, 2.24) is 0 Å². The van der Waals surface area contributed by atoms with Gasteiger partial charge in [0.15, 0.2) is 6.29 Å². The van der Waals surface area contributed by atoms with E-state index in [0.717, 1.165) is 0 Å². The second-order valence-corrected chi connectivity index (χ2v) is 5.41. The Bertz CT molecular complexity index is 950. The molecule has 0 bridgehead atoms. The lowest BCUT2D eigenvalue weighted by molar-refractivity contribution is 0.101. The summed E-state index contributed by atoms with van der Waals surface area (Å²) in [6.45, 7) is 2.31. The van der Waals surface area contributed by atoms with Crippen LogP contribution < -0.4 is 10.1 Å². The highest BCUT2D eigenvalue weighted by atomic mass is 16.5. The molecule has 3 rings (SSSR count). The van der Waals surface area contributed by atoms with Crippen LogP contribution in [0.3, 0.4) is 0 Å². The number of rotatable bonds is 5. The Hall–Kier alpha value is -3.34. The summed E-state index contributed by atoms with van der Waals surface area (Å²) in [5.41, 5.74) is 0.598. The van der Waals surface area contributed by atoms with Gasteiger partial charge in [0.1, 0.15) is 11.5 Å². The summed E-state index contributed by atoms with van der Waals surface area (Å²) >= 11 is 0. The van der Waals surface area contributed by atoms with Crippen LogP contribution in [0.25, 0.3) is 10.8 Å². The van der Waals surface area contributed by atoms with Gasteiger partial charge in [0.25, 0.3) is 5.91 Å². The molecule has 0 heterocycles. The second kappa shape index (κ2) is 7.05. The fourth-order valence-corrected chi connectivity index (χ4v) is 2.75. The van der Waals surface area contributed by atoms with Crippen LogP contribution in [-0.2, 0) is 0 Å². The molecule has 0 atom stereocenters. The van der Waals surface area contributed by atoms with E-state index in [0.29, 0.717) is 35.1 Å². The van der Waals surface area contributed by atoms with Crippen LogP contribution in [0.4, 0.5) is 5.69 Å². The van der Waals surface area contributed by atoms with E-state index in [2.05, 4.69) is 5.32 Å². The first kappa shape index (κ1) is 16.5. The third kappa shape index (κ3) is 3.17. The molecular weight excluding hydrogens is 318 g/mol. The molecule has 0 aromatic heterocycles. The number of phenols is 1. The highest BCUT2D eigenvalue weighted by Crippen LogP contribution is 2.31. The van der Waals surface area contributed by atoms with Crippen LogP contribution in [0.15, 0.2) is 54.6 Å². The summed E-state index contributed by atoms with van der Waals surface area (Å²) in [4.78, 5) is 24.3. The zero-order valence-electron chi connectivity index (χ0n) is 13.7. The van der Waals surface area contributed by atoms with Crippen LogP contribution in [-0.4, -0.2) is 23.9 Å². The number of carbonyl (C=O) groups is 2. The predicted octanol–water partition coefficient (Wildman–Crippen LogP) is 4.01. The zero-order chi connectivity index (χ0) is 17.8. The molecule has 0 aliphatic heterocycles. The molecule has 0 radical (unpaired) electrons. The number of hydrogen-bond acceptors (Lipinski definition) is 4. The number of benzene rings is 3. The van der Waals surface area contributed by atoms with Gasteiger partial charge in [-0.1, -0.05) is 36.4 Å². The standard InChI is InChI=1S/C20H17NO4/c1-2-25-18-10-6-5-9-16(18)21-20(24)19-14-8-4-3-7-13(14)11-17(23)15(19)12-22/h3-12,23H,2H2,1H3,(H,21,24). The summed E-state index contributed by atoms with van der Waals surface area (Å²) < 4.78 is 5.51. The normalized spacial score (nSPS) is 10.4. The summed E-state index contributed by atoms with van der Waals surface area (Å²) in [5, 5.41) is 14.1. The molecule has 3 aromatic rings. The fourth-order valence-electron chi connectivity index (χ4n) is 2.75. The molecule has 0 spiro atoms. The van der Waals surface area contributed by atoms with Gasteiger partial charge >= 0.3 is 0 Å². The number of hydrogen-bond donors (Lipinski definition) is 2. The minimum atomic E-state index is -0.485. The Balaban J connectivity index is 2.10. The van der Waals surface area contributed by atoms with E-state index in [9.17, 15) is 14.7 Å². The maximum Gasteiger partial charge on any atom is 0.257 e. The van der Waals surface area contributed by atoms with Gasteiger partial charge in [-0.25, -0.2) is 0 Å². The van der Waals surface area contributed by atoms with E-state index in [4.69, 9.17) is 4.74 Å².